The van der Waals surface area contributed by atoms with E-state index in [0.717, 1.165) is 5.56 Å². The van der Waals surface area contributed by atoms with Crippen LogP contribution in [0.1, 0.15) is 17.2 Å². The molecule has 136 valence electrons. The van der Waals surface area contributed by atoms with Gasteiger partial charge in [0.15, 0.2) is 0 Å². The fraction of sp³-hybridized carbons (Fsp3) is 0.333. The molecule has 0 saturated carbocycles. The first-order valence-corrected chi connectivity index (χ1v) is 9.88. The van der Waals surface area contributed by atoms with Crippen molar-refractivity contribution in [2.24, 2.45) is 0 Å². The van der Waals surface area contributed by atoms with Crippen LogP contribution in [0.5, 0.6) is 0 Å². The van der Waals surface area contributed by atoms with Crippen LogP contribution in [0.25, 0.3) is 0 Å². The van der Waals surface area contributed by atoms with Gasteiger partial charge in [-0.15, -0.1) is 0 Å². The molecule has 0 aliphatic carbocycles. The molecule has 1 unspecified atom stereocenters. The number of aliphatic hydroxyl groups is 2. The second kappa shape index (κ2) is 8.96. The van der Waals surface area contributed by atoms with E-state index < -0.39 is 16.1 Å². The predicted octanol–water partition coefficient (Wildman–Crippen LogP) is 1.27. The van der Waals surface area contributed by atoms with Gasteiger partial charge in [0.05, 0.1) is 31.2 Å². The average Bonchev–Trinajstić information content (AvgIpc) is 2.60. The van der Waals surface area contributed by atoms with E-state index in [0.29, 0.717) is 17.8 Å². The smallest absolute Gasteiger partial charge is 0.232 e. The summed E-state index contributed by atoms with van der Waals surface area (Å²) < 4.78 is 25.8. The first-order valence-electron chi connectivity index (χ1n) is 8.03. The summed E-state index contributed by atoms with van der Waals surface area (Å²) in [5.74, 6) is 0. The molecule has 2 aromatic carbocycles. The van der Waals surface area contributed by atoms with Crippen molar-refractivity contribution in [1.29, 1.82) is 0 Å². The maximum Gasteiger partial charge on any atom is 0.232 e. The molecule has 0 amide bonds. The highest BCUT2D eigenvalue weighted by Gasteiger charge is 2.19. The molecular formula is C18H24N2O4S. The van der Waals surface area contributed by atoms with Gasteiger partial charge in [-0.2, -0.15) is 0 Å². The molecule has 1 atom stereocenters. The third kappa shape index (κ3) is 5.82. The lowest BCUT2D eigenvalue weighted by molar-refractivity contribution is 0.171. The molecule has 0 aliphatic heterocycles. The van der Waals surface area contributed by atoms with Gasteiger partial charge in [-0.25, -0.2) is 8.42 Å². The number of nitrogens with zero attached hydrogens (tertiary/aromatic N) is 1. The van der Waals surface area contributed by atoms with Crippen LogP contribution in [-0.4, -0.2) is 44.6 Å². The number of benzene rings is 2. The van der Waals surface area contributed by atoms with E-state index in [1.165, 1.54) is 10.6 Å². The molecule has 0 fully saturated rings. The van der Waals surface area contributed by atoms with Crippen molar-refractivity contribution in [1.82, 2.24) is 5.32 Å². The normalized spacial score (nSPS) is 12.8. The van der Waals surface area contributed by atoms with Gasteiger partial charge in [0.1, 0.15) is 0 Å². The standard InChI is InChI=1S/C18H24N2O4S/c1-25(23,24)20(14-15-6-3-2-4-7-15)17-9-5-8-16(12-17)18(22)13-19-10-11-21/h2-9,12,18-19,21-22H,10-11,13-14H2,1H3. The van der Waals surface area contributed by atoms with Gasteiger partial charge in [-0.05, 0) is 23.3 Å². The van der Waals surface area contributed by atoms with Gasteiger partial charge in [0, 0.05) is 13.1 Å². The van der Waals surface area contributed by atoms with E-state index in [9.17, 15) is 13.5 Å². The van der Waals surface area contributed by atoms with Gasteiger partial charge in [0.25, 0.3) is 0 Å². The van der Waals surface area contributed by atoms with Crippen LogP contribution < -0.4 is 9.62 Å². The van der Waals surface area contributed by atoms with Gasteiger partial charge in [-0.1, -0.05) is 42.5 Å². The van der Waals surface area contributed by atoms with Crippen molar-refractivity contribution in [2.75, 3.05) is 30.3 Å². The minimum Gasteiger partial charge on any atom is -0.395 e. The minimum absolute atomic E-state index is 0.00824. The quantitative estimate of drug-likeness (QED) is 0.583. The molecule has 0 saturated heterocycles. The summed E-state index contributed by atoms with van der Waals surface area (Å²) in [4.78, 5) is 0. The van der Waals surface area contributed by atoms with Crippen molar-refractivity contribution in [2.45, 2.75) is 12.6 Å². The second-order valence-electron chi connectivity index (χ2n) is 5.79. The summed E-state index contributed by atoms with van der Waals surface area (Å²) in [6, 6.07) is 16.2. The second-order valence-corrected chi connectivity index (χ2v) is 7.70. The maximum absolute atomic E-state index is 12.3. The number of nitrogens with one attached hydrogen (secondary N) is 1. The SMILES string of the molecule is CS(=O)(=O)N(Cc1ccccc1)c1cccc(C(O)CNCCO)c1. The summed E-state index contributed by atoms with van der Waals surface area (Å²) >= 11 is 0. The Bertz CT molecular complexity index is 766. The number of hydrogen-bond donors (Lipinski definition) is 3. The van der Waals surface area contributed by atoms with Crippen molar-refractivity contribution >= 4 is 15.7 Å². The fourth-order valence-electron chi connectivity index (χ4n) is 2.47. The van der Waals surface area contributed by atoms with E-state index in [-0.39, 0.29) is 19.7 Å². The lowest BCUT2D eigenvalue weighted by atomic mass is 10.1. The number of hydrogen-bond acceptors (Lipinski definition) is 5. The van der Waals surface area contributed by atoms with Crippen LogP contribution in [0.3, 0.4) is 0 Å². The predicted molar refractivity (Wildman–Crippen MR) is 98.8 cm³/mol. The van der Waals surface area contributed by atoms with Crippen LogP contribution in [0.2, 0.25) is 0 Å². The van der Waals surface area contributed by atoms with Gasteiger partial charge in [0.2, 0.25) is 10.0 Å². The summed E-state index contributed by atoms with van der Waals surface area (Å²) in [6.07, 6.45) is 0.381. The van der Waals surface area contributed by atoms with Crippen molar-refractivity contribution in [3.8, 4) is 0 Å². The zero-order chi connectivity index (χ0) is 18.3. The van der Waals surface area contributed by atoms with Gasteiger partial charge < -0.3 is 15.5 Å². The summed E-state index contributed by atoms with van der Waals surface area (Å²) in [7, 11) is -3.48. The highest BCUT2D eigenvalue weighted by atomic mass is 32.2. The van der Waals surface area contributed by atoms with E-state index in [1.807, 2.05) is 30.3 Å². The topological polar surface area (TPSA) is 89.9 Å². The molecule has 0 spiro atoms. The Balaban J connectivity index is 2.24. The van der Waals surface area contributed by atoms with E-state index in [2.05, 4.69) is 5.32 Å². The Kier molecular flexibility index (Phi) is 6.95. The Hall–Kier alpha value is -1.93. The molecule has 3 N–H and O–H groups in total. The van der Waals surface area contributed by atoms with Gasteiger partial charge in [-0.3, -0.25) is 4.31 Å². The number of rotatable bonds is 9. The summed E-state index contributed by atoms with van der Waals surface area (Å²) in [5, 5.41) is 21.9. The van der Waals surface area contributed by atoms with E-state index >= 15 is 0 Å². The fourth-order valence-corrected chi connectivity index (χ4v) is 3.35. The highest BCUT2D eigenvalue weighted by Crippen LogP contribution is 2.24. The first-order chi connectivity index (χ1) is 11.9. The minimum atomic E-state index is -3.48. The zero-order valence-corrected chi connectivity index (χ0v) is 15.0. The Morgan fingerprint density at radius 1 is 1.12 bits per heavy atom. The molecule has 0 aromatic heterocycles. The number of aliphatic hydroxyl groups excluding tert-OH is 2. The first kappa shape index (κ1) is 19.4. The lowest BCUT2D eigenvalue weighted by Crippen LogP contribution is -2.29. The number of anilines is 1. The molecule has 25 heavy (non-hydrogen) atoms. The van der Waals surface area contributed by atoms with E-state index in [4.69, 9.17) is 5.11 Å². The number of sulfonamides is 1. The molecule has 0 bridgehead atoms. The van der Waals surface area contributed by atoms with Gasteiger partial charge >= 0.3 is 0 Å². The van der Waals surface area contributed by atoms with Crippen molar-refractivity contribution < 1.29 is 18.6 Å². The van der Waals surface area contributed by atoms with Crippen molar-refractivity contribution in [3.63, 3.8) is 0 Å². The largest absolute Gasteiger partial charge is 0.395 e. The van der Waals surface area contributed by atoms with E-state index in [1.54, 1.807) is 24.3 Å². The third-order valence-electron chi connectivity index (χ3n) is 3.74. The van der Waals surface area contributed by atoms with Crippen molar-refractivity contribution in [3.05, 3.63) is 65.7 Å². The van der Waals surface area contributed by atoms with Crippen LogP contribution in [0, 0.1) is 0 Å². The zero-order valence-electron chi connectivity index (χ0n) is 14.2. The molecule has 0 heterocycles. The molecule has 2 rings (SSSR count). The molecule has 2 aromatic rings. The molecular weight excluding hydrogens is 340 g/mol. The Morgan fingerprint density at radius 3 is 2.48 bits per heavy atom. The molecule has 0 radical (unpaired) electrons. The highest BCUT2D eigenvalue weighted by molar-refractivity contribution is 7.92. The molecule has 6 nitrogen and oxygen atoms in total. The lowest BCUT2D eigenvalue weighted by Gasteiger charge is -2.24. The monoisotopic (exact) mass is 364 g/mol. The summed E-state index contributed by atoms with van der Waals surface area (Å²) in [5.41, 5.74) is 2.00. The molecule has 7 heteroatoms. The van der Waals surface area contributed by atoms with Crippen LogP contribution in [0.4, 0.5) is 5.69 Å². The summed E-state index contributed by atoms with van der Waals surface area (Å²) in [6.45, 7) is 0.884. The van der Waals surface area contributed by atoms with Crippen LogP contribution in [-0.2, 0) is 16.6 Å². The molecule has 0 aliphatic rings. The van der Waals surface area contributed by atoms with Crippen LogP contribution in [0.15, 0.2) is 54.6 Å². The Labute approximate surface area is 148 Å². The third-order valence-corrected chi connectivity index (χ3v) is 4.88. The van der Waals surface area contributed by atoms with Crippen LogP contribution >= 0.6 is 0 Å². The maximum atomic E-state index is 12.3. The average molecular weight is 364 g/mol. The Morgan fingerprint density at radius 2 is 1.84 bits per heavy atom.